The Morgan fingerprint density at radius 1 is 0.931 bits per heavy atom. The highest BCUT2D eigenvalue weighted by atomic mass is 16.5. The van der Waals surface area contributed by atoms with Gasteiger partial charge in [-0.25, -0.2) is 9.78 Å². The fourth-order valence-corrected chi connectivity index (χ4v) is 2.92. The van der Waals surface area contributed by atoms with Crippen LogP contribution in [0.25, 0.3) is 10.9 Å². The maximum absolute atomic E-state index is 12.8. The molecule has 0 radical (unpaired) electrons. The first-order valence-electron chi connectivity index (χ1n) is 9.13. The van der Waals surface area contributed by atoms with Gasteiger partial charge in [-0.2, -0.15) is 0 Å². The van der Waals surface area contributed by atoms with Gasteiger partial charge in [0, 0.05) is 0 Å². The van der Waals surface area contributed by atoms with E-state index in [9.17, 15) is 9.59 Å². The second kappa shape index (κ2) is 7.98. The highest BCUT2D eigenvalue weighted by Crippen LogP contribution is 2.27. The SMILES string of the molecule is C[C@H](OC(=O)c1ccccc1Oc1ccccc1)c1nc2ccccc2c(=O)[nH]1. The van der Waals surface area contributed by atoms with E-state index in [0.29, 0.717) is 22.4 Å². The van der Waals surface area contributed by atoms with E-state index in [-0.39, 0.29) is 16.9 Å². The van der Waals surface area contributed by atoms with Crippen molar-refractivity contribution in [3.63, 3.8) is 0 Å². The minimum Gasteiger partial charge on any atom is -0.456 e. The van der Waals surface area contributed by atoms with Crippen molar-refractivity contribution in [2.75, 3.05) is 0 Å². The average Bonchev–Trinajstić information content (AvgIpc) is 2.75. The lowest BCUT2D eigenvalue weighted by Crippen LogP contribution is -2.17. The lowest BCUT2D eigenvalue weighted by atomic mass is 10.2. The number of fused-ring (bicyclic) bond motifs is 1. The number of rotatable bonds is 5. The molecule has 0 bridgehead atoms. The molecule has 0 aliphatic carbocycles. The Morgan fingerprint density at radius 3 is 2.45 bits per heavy atom. The second-order valence-corrected chi connectivity index (χ2v) is 6.43. The molecule has 0 amide bonds. The highest BCUT2D eigenvalue weighted by Gasteiger charge is 2.20. The molecular formula is C23H18N2O4. The van der Waals surface area contributed by atoms with E-state index in [1.165, 1.54) is 0 Å². The number of esters is 1. The molecule has 1 atom stereocenters. The summed E-state index contributed by atoms with van der Waals surface area (Å²) in [5, 5.41) is 0.483. The number of aromatic amines is 1. The highest BCUT2D eigenvalue weighted by molar-refractivity contribution is 5.92. The molecule has 4 aromatic rings. The fraction of sp³-hybridized carbons (Fsp3) is 0.0870. The van der Waals surface area contributed by atoms with Crippen molar-refractivity contribution in [3.05, 3.63) is 101 Å². The molecule has 6 heteroatoms. The van der Waals surface area contributed by atoms with Crippen LogP contribution in [0.5, 0.6) is 11.5 Å². The average molecular weight is 386 g/mol. The molecule has 0 saturated heterocycles. The zero-order valence-corrected chi connectivity index (χ0v) is 15.7. The van der Waals surface area contributed by atoms with Crippen molar-refractivity contribution in [2.24, 2.45) is 0 Å². The number of ether oxygens (including phenoxy) is 2. The van der Waals surface area contributed by atoms with Crippen molar-refractivity contribution in [1.29, 1.82) is 0 Å². The molecule has 1 N–H and O–H groups in total. The van der Waals surface area contributed by atoms with Crippen LogP contribution >= 0.6 is 0 Å². The molecule has 0 unspecified atom stereocenters. The van der Waals surface area contributed by atoms with E-state index in [2.05, 4.69) is 9.97 Å². The summed E-state index contributed by atoms with van der Waals surface area (Å²) in [4.78, 5) is 32.1. The third kappa shape index (κ3) is 4.01. The molecule has 1 aromatic heterocycles. The number of nitrogens with one attached hydrogen (secondary N) is 1. The summed E-state index contributed by atoms with van der Waals surface area (Å²) in [6.45, 7) is 1.66. The van der Waals surface area contributed by atoms with Crippen molar-refractivity contribution >= 4 is 16.9 Å². The van der Waals surface area contributed by atoms with Gasteiger partial charge in [-0.3, -0.25) is 4.79 Å². The minimum atomic E-state index is -0.746. The van der Waals surface area contributed by atoms with Gasteiger partial charge in [0.1, 0.15) is 17.1 Å². The van der Waals surface area contributed by atoms with E-state index >= 15 is 0 Å². The minimum absolute atomic E-state index is 0.277. The Labute approximate surface area is 166 Å². The van der Waals surface area contributed by atoms with Crippen molar-refractivity contribution < 1.29 is 14.3 Å². The Balaban J connectivity index is 1.58. The molecule has 6 nitrogen and oxygen atoms in total. The Bertz CT molecular complexity index is 1220. The maximum Gasteiger partial charge on any atom is 0.342 e. The number of hydrogen-bond donors (Lipinski definition) is 1. The van der Waals surface area contributed by atoms with Gasteiger partial charge in [0.25, 0.3) is 5.56 Å². The molecule has 0 aliphatic rings. The maximum atomic E-state index is 12.8. The van der Waals surface area contributed by atoms with Gasteiger partial charge in [-0.15, -0.1) is 0 Å². The molecule has 1 heterocycles. The van der Waals surface area contributed by atoms with Gasteiger partial charge in [-0.1, -0.05) is 42.5 Å². The van der Waals surface area contributed by atoms with E-state index < -0.39 is 12.1 Å². The number of nitrogens with zero attached hydrogens (tertiary/aromatic N) is 1. The molecule has 0 fully saturated rings. The first-order chi connectivity index (χ1) is 14.1. The first kappa shape index (κ1) is 18.4. The number of hydrogen-bond acceptors (Lipinski definition) is 5. The van der Waals surface area contributed by atoms with Gasteiger partial charge in [0.05, 0.1) is 10.9 Å². The zero-order valence-electron chi connectivity index (χ0n) is 15.7. The molecule has 29 heavy (non-hydrogen) atoms. The van der Waals surface area contributed by atoms with Crippen molar-refractivity contribution in [3.8, 4) is 11.5 Å². The molecule has 144 valence electrons. The number of aromatic nitrogens is 2. The van der Waals surface area contributed by atoms with Crippen LogP contribution in [0.1, 0.15) is 29.2 Å². The van der Waals surface area contributed by atoms with Gasteiger partial charge in [0.2, 0.25) is 0 Å². The number of carbonyl (C=O) groups is 1. The van der Waals surface area contributed by atoms with Crippen molar-refractivity contribution in [2.45, 2.75) is 13.0 Å². The van der Waals surface area contributed by atoms with Crippen LogP contribution in [0.15, 0.2) is 83.7 Å². The van der Waals surface area contributed by atoms with Crippen LogP contribution in [-0.4, -0.2) is 15.9 Å². The predicted molar refractivity (Wildman–Crippen MR) is 109 cm³/mol. The molecule has 0 saturated carbocycles. The van der Waals surface area contributed by atoms with Gasteiger partial charge in [0.15, 0.2) is 11.9 Å². The second-order valence-electron chi connectivity index (χ2n) is 6.43. The molecule has 0 aliphatic heterocycles. The van der Waals surface area contributed by atoms with Crippen LogP contribution in [0.4, 0.5) is 0 Å². The summed E-state index contributed by atoms with van der Waals surface area (Å²) in [6.07, 6.45) is -0.746. The Morgan fingerprint density at radius 2 is 1.62 bits per heavy atom. The molecular weight excluding hydrogens is 368 g/mol. The number of carbonyl (C=O) groups excluding carboxylic acids is 1. The number of para-hydroxylation sites is 3. The number of H-pyrrole nitrogens is 1. The Kier molecular flexibility index (Phi) is 5.07. The number of benzene rings is 3. The standard InChI is InChI=1S/C23H18N2O4/c1-15(21-24-19-13-7-5-11-17(19)22(26)25-21)28-23(27)18-12-6-8-14-20(18)29-16-9-3-2-4-10-16/h2-15H,1H3,(H,24,25,26)/t15-/m0/s1. The van der Waals surface area contributed by atoms with Crippen LogP contribution < -0.4 is 10.3 Å². The normalized spacial score (nSPS) is 11.8. The topological polar surface area (TPSA) is 81.3 Å². The summed E-state index contributed by atoms with van der Waals surface area (Å²) in [5.41, 5.74) is 0.551. The van der Waals surface area contributed by atoms with Crippen LogP contribution in [0.2, 0.25) is 0 Å². The third-order valence-corrected chi connectivity index (χ3v) is 4.38. The first-order valence-corrected chi connectivity index (χ1v) is 9.13. The Hall–Kier alpha value is -3.93. The summed E-state index contributed by atoms with van der Waals surface area (Å²) in [5.74, 6) is 0.709. The lowest BCUT2D eigenvalue weighted by Gasteiger charge is -2.15. The summed E-state index contributed by atoms with van der Waals surface area (Å²) >= 11 is 0. The van der Waals surface area contributed by atoms with Gasteiger partial charge >= 0.3 is 5.97 Å². The van der Waals surface area contributed by atoms with E-state index in [4.69, 9.17) is 9.47 Å². The van der Waals surface area contributed by atoms with E-state index in [0.717, 1.165) is 0 Å². The van der Waals surface area contributed by atoms with Gasteiger partial charge < -0.3 is 14.5 Å². The predicted octanol–water partition coefficient (Wildman–Crippen LogP) is 4.63. The molecule has 3 aromatic carbocycles. The summed E-state index contributed by atoms with van der Waals surface area (Å²) in [7, 11) is 0. The van der Waals surface area contributed by atoms with Crippen molar-refractivity contribution in [1.82, 2.24) is 9.97 Å². The fourth-order valence-electron chi connectivity index (χ4n) is 2.92. The smallest absolute Gasteiger partial charge is 0.342 e. The molecule has 4 rings (SSSR count). The monoisotopic (exact) mass is 386 g/mol. The van der Waals surface area contributed by atoms with E-state index in [1.54, 1.807) is 67.6 Å². The summed E-state index contributed by atoms with van der Waals surface area (Å²) in [6, 6.07) is 23.0. The van der Waals surface area contributed by atoms with Crippen LogP contribution in [0, 0.1) is 0 Å². The quantitative estimate of drug-likeness (QED) is 0.506. The van der Waals surface area contributed by atoms with Crippen LogP contribution in [-0.2, 0) is 4.74 Å². The van der Waals surface area contributed by atoms with Gasteiger partial charge in [-0.05, 0) is 43.3 Å². The van der Waals surface area contributed by atoms with Crippen LogP contribution in [0.3, 0.4) is 0 Å². The molecule has 0 spiro atoms. The lowest BCUT2D eigenvalue weighted by molar-refractivity contribution is 0.0317. The zero-order chi connectivity index (χ0) is 20.2. The third-order valence-electron chi connectivity index (χ3n) is 4.38. The largest absolute Gasteiger partial charge is 0.456 e. The van der Waals surface area contributed by atoms with E-state index in [1.807, 2.05) is 18.2 Å². The summed E-state index contributed by atoms with van der Waals surface area (Å²) < 4.78 is 11.4.